The standard InChI is InChI=1S/C13H15F3/c1-8(2)11-6-4-9-3-5-10(7-12(9)11)13(14,15)16/h3,5,7-8,11H,4,6H2,1-2H3. The third-order valence-electron chi connectivity index (χ3n) is 3.40. The molecule has 0 fully saturated rings. The van der Waals surface area contributed by atoms with Crippen molar-refractivity contribution in [1.82, 2.24) is 0 Å². The zero-order valence-corrected chi connectivity index (χ0v) is 9.43. The predicted molar refractivity (Wildman–Crippen MR) is 57.3 cm³/mol. The zero-order valence-electron chi connectivity index (χ0n) is 9.43. The molecule has 2 rings (SSSR count). The minimum Gasteiger partial charge on any atom is -0.166 e. The van der Waals surface area contributed by atoms with Gasteiger partial charge in [-0.1, -0.05) is 19.9 Å². The molecule has 0 N–H and O–H groups in total. The molecule has 1 aliphatic carbocycles. The lowest BCUT2D eigenvalue weighted by atomic mass is 9.89. The van der Waals surface area contributed by atoms with Crippen LogP contribution in [0.2, 0.25) is 0 Å². The number of aryl methyl sites for hydroxylation is 1. The molecule has 0 heterocycles. The van der Waals surface area contributed by atoms with Gasteiger partial charge in [-0.25, -0.2) is 0 Å². The smallest absolute Gasteiger partial charge is 0.166 e. The lowest BCUT2D eigenvalue weighted by molar-refractivity contribution is -0.137. The molecule has 1 aromatic carbocycles. The molecule has 0 aromatic heterocycles. The van der Waals surface area contributed by atoms with Gasteiger partial charge >= 0.3 is 6.18 Å². The molecule has 1 atom stereocenters. The molecule has 3 heteroatoms. The first-order chi connectivity index (χ1) is 7.39. The minimum absolute atomic E-state index is 0.289. The lowest BCUT2D eigenvalue weighted by Crippen LogP contribution is -2.08. The number of rotatable bonds is 1. The number of benzene rings is 1. The molecule has 0 saturated carbocycles. The first-order valence-electron chi connectivity index (χ1n) is 5.59. The van der Waals surface area contributed by atoms with Crippen LogP contribution in [0.4, 0.5) is 13.2 Å². The Morgan fingerprint density at radius 1 is 1.25 bits per heavy atom. The molecule has 0 aliphatic heterocycles. The van der Waals surface area contributed by atoms with Gasteiger partial charge in [-0.2, -0.15) is 13.2 Å². The van der Waals surface area contributed by atoms with Gasteiger partial charge in [0, 0.05) is 0 Å². The summed E-state index contributed by atoms with van der Waals surface area (Å²) >= 11 is 0. The fraction of sp³-hybridized carbons (Fsp3) is 0.538. The van der Waals surface area contributed by atoms with Crippen LogP contribution in [-0.4, -0.2) is 0 Å². The topological polar surface area (TPSA) is 0 Å². The molecule has 16 heavy (non-hydrogen) atoms. The minimum atomic E-state index is -4.22. The summed E-state index contributed by atoms with van der Waals surface area (Å²) in [4.78, 5) is 0. The van der Waals surface area contributed by atoms with Crippen molar-refractivity contribution in [2.45, 2.75) is 38.8 Å². The second kappa shape index (κ2) is 3.79. The van der Waals surface area contributed by atoms with Crippen LogP contribution in [-0.2, 0) is 12.6 Å². The Balaban J connectivity index is 2.41. The Morgan fingerprint density at radius 2 is 1.94 bits per heavy atom. The summed E-state index contributed by atoms with van der Waals surface area (Å²) in [5.41, 5.74) is 1.48. The van der Waals surface area contributed by atoms with E-state index in [0.717, 1.165) is 24.0 Å². The molecule has 0 radical (unpaired) electrons. The fourth-order valence-electron chi connectivity index (χ4n) is 2.50. The average Bonchev–Trinajstić information content (AvgIpc) is 2.58. The van der Waals surface area contributed by atoms with Gasteiger partial charge in [0.15, 0.2) is 0 Å². The van der Waals surface area contributed by atoms with Crippen LogP contribution in [0.25, 0.3) is 0 Å². The number of fused-ring (bicyclic) bond motifs is 1. The van der Waals surface area contributed by atoms with E-state index in [9.17, 15) is 13.2 Å². The summed E-state index contributed by atoms with van der Waals surface area (Å²) in [6.45, 7) is 4.14. The number of alkyl halides is 3. The van der Waals surface area contributed by atoms with Gasteiger partial charge < -0.3 is 0 Å². The molecule has 0 amide bonds. The molecule has 88 valence electrons. The molecule has 0 saturated heterocycles. The van der Waals surface area contributed by atoms with Crippen LogP contribution in [0.15, 0.2) is 18.2 Å². The van der Waals surface area contributed by atoms with Crippen LogP contribution < -0.4 is 0 Å². The van der Waals surface area contributed by atoms with Crippen LogP contribution in [0.3, 0.4) is 0 Å². The highest BCUT2D eigenvalue weighted by atomic mass is 19.4. The van der Waals surface area contributed by atoms with Crippen molar-refractivity contribution >= 4 is 0 Å². The van der Waals surface area contributed by atoms with Gasteiger partial charge in [0.2, 0.25) is 0 Å². The first-order valence-corrected chi connectivity index (χ1v) is 5.59. The second-order valence-electron chi connectivity index (χ2n) is 4.80. The molecule has 0 nitrogen and oxygen atoms in total. The van der Waals surface area contributed by atoms with Gasteiger partial charge in [0.05, 0.1) is 5.56 Å². The summed E-state index contributed by atoms with van der Waals surface area (Å²) in [6.07, 6.45) is -2.33. The number of hydrogen-bond donors (Lipinski definition) is 0. The molecule has 0 bridgehead atoms. The van der Waals surface area contributed by atoms with Crippen LogP contribution in [0.1, 0.15) is 42.9 Å². The average molecular weight is 228 g/mol. The van der Waals surface area contributed by atoms with Crippen molar-refractivity contribution in [2.75, 3.05) is 0 Å². The summed E-state index contributed by atoms with van der Waals surface area (Å²) < 4.78 is 37.8. The van der Waals surface area contributed by atoms with Crippen molar-refractivity contribution in [2.24, 2.45) is 5.92 Å². The van der Waals surface area contributed by atoms with Gasteiger partial charge in [0.25, 0.3) is 0 Å². The van der Waals surface area contributed by atoms with Crippen molar-refractivity contribution in [3.05, 3.63) is 34.9 Å². The van der Waals surface area contributed by atoms with Crippen molar-refractivity contribution in [3.8, 4) is 0 Å². The Labute approximate surface area is 93.5 Å². The number of hydrogen-bond acceptors (Lipinski definition) is 0. The zero-order chi connectivity index (χ0) is 11.9. The van der Waals surface area contributed by atoms with Crippen molar-refractivity contribution in [1.29, 1.82) is 0 Å². The summed E-state index contributed by atoms with van der Waals surface area (Å²) in [5.74, 6) is 0.696. The monoisotopic (exact) mass is 228 g/mol. The third kappa shape index (κ3) is 1.95. The highest BCUT2D eigenvalue weighted by molar-refractivity contribution is 5.39. The van der Waals surface area contributed by atoms with E-state index in [2.05, 4.69) is 13.8 Å². The molecule has 1 aliphatic rings. The quantitative estimate of drug-likeness (QED) is 0.668. The van der Waals surface area contributed by atoms with E-state index < -0.39 is 11.7 Å². The van der Waals surface area contributed by atoms with Crippen molar-refractivity contribution in [3.63, 3.8) is 0 Å². The normalized spacial score (nSPS) is 20.2. The lowest BCUT2D eigenvalue weighted by Gasteiger charge is -2.17. The van der Waals surface area contributed by atoms with E-state index >= 15 is 0 Å². The van der Waals surface area contributed by atoms with E-state index in [4.69, 9.17) is 0 Å². The number of halogens is 3. The fourth-order valence-corrected chi connectivity index (χ4v) is 2.50. The van der Waals surface area contributed by atoms with Crippen LogP contribution in [0.5, 0.6) is 0 Å². The van der Waals surface area contributed by atoms with Gasteiger partial charge in [0.1, 0.15) is 0 Å². The van der Waals surface area contributed by atoms with Crippen LogP contribution >= 0.6 is 0 Å². The van der Waals surface area contributed by atoms with E-state index in [1.54, 1.807) is 6.07 Å². The van der Waals surface area contributed by atoms with Gasteiger partial charge in [-0.3, -0.25) is 0 Å². The van der Waals surface area contributed by atoms with Crippen molar-refractivity contribution < 1.29 is 13.2 Å². The molecule has 1 aromatic rings. The highest BCUT2D eigenvalue weighted by Crippen LogP contribution is 2.41. The van der Waals surface area contributed by atoms with Crippen LogP contribution in [0, 0.1) is 5.92 Å². The molecule has 1 unspecified atom stereocenters. The Bertz CT molecular complexity index is 391. The Morgan fingerprint density at radius 3 is 2.50 bits per heavy atom. The summed E-state index contributed by atoms with van der Waals surface area (Å²) in [6, 6.07) is 4.18. The van der Waals surface area contributed by atoms with E-state index in [1.165, 1.54) is 12.1 Å². The van der Waals surface area contributed by atoms with E-state index in [0.29, 0.717) is 5.92 Å². The highest BCUT2D eigenvalue weighted by Gasteiger charge is 2.33. The molecular formula is C13H15F3. The maximum absolute atomic E-state index is 12.6. The molecule has 0 spiro atoms. The maximum Gasteiger partial charge on any atom is 0.416 e. The summed E-state index contributed by atoms with van der Waals surface area (Å²) in [7, 11) is 0. The Kier molecular flexibility index (Phi) is 2.72. The maximum atomic E-state index is 12.6. The molecular weight excluding hydrogens is 213 g/mol. The third-order valence-corrected chi connectivity index (χ3v) is 3.40. The van der Waals surface area contributed by atoms with E-state index in [-0.39, 0.29) is 5.92 Å². The first kappa shape index (κ1) is 11.5. The van der Waals surface area contributed by atoms with E-state index in [1.807, 2.05) is 0 Å². The largest absolute Gasteiger partial charge is 0.416 e. The Hall–Kier alpha value is -0.990. The SMILES string of the molecule is CC(C)C1CCc2ccc(C(F)(F)F)cc21. The summed E-state index contributed by atoms with van der Waals surface area (Å²) in [5, 5.41) is 0. The van der Waals surface area contributed by atoms with Gasteiger partial charge in [-0.05, 0) is 47.9 Å². The second-order valence-corrected chi connectivity index (χ2v) is 4.80. The van der Waals surface area contributed by atoms with Gasteiger partial charge in [-0.15, -0.1) is 0 Å². The predicted octanol–water partition coefficient (Wildman–Crippen LogP) is 4.39.